The molecule has 0 fully saturated rings. The molecule has 4 N–H and O–H groups in total. The molecule has 0 saturated heterocycles. The van der Waals surface area contributed by atoms with Crippen LogP contribution in [0.15, 0.2) is 77.4 Å². The summed E-state index contributed by atoms with van der Waals surface area (Å²) in [6.07, 6.45) is 0.184. The molecule has 1 aromatic heterocycles. The van der Waals surface area contributed by atoms with Gasteiger partial charge in [0.05, 0.1) is 19.1 Å². The van der Waals surface area contributed by atoms with E-state index in [-0.39, 0.29) is 12.8 Å². The molecule has 7 heteroatoms. The van der Waals surface area contributed by atoms with E-state index >= 15 is 0 Å². The van der Waals surface area contributed by atoms with Gasteiger partial charge in [0.2, 0.25) is 0 Å². The molecule has 0 aliphatic heterocycles. The summed E-state index contributed by atoms with van der Waals surface area (Å²) in [6, 6.07) is 20.1. The summed E-state index contributed by atoms with van der Waals surface area (Å²) in [5, 5.41) is 19.7. The lowest BCUT2D eigenvalue weighted by atomic mass is 9.95. The molecule has 0 radical (unpaired) electrons. The van der Waals surface area contributed by atoms with E-state index in [2.05, 4.69) is 0 Å². The zero-order chi connectivity index (χ0) is 23.4. The maximum Gasteiger partial charge on any atom is 0.307 e. The Kier molecular flexibility index (Phi) is 6.42. The maximum atomic E-state index is 11.7. The van der Waals surface area contributed by atoms with Gasteiger partial charge in [0.25, 0.3) is 0 Å². The number of ether oxygens (including phenoxy) is 1. The van der Waals surface area contributed by atoms with Crippen LogP contribution in [0.4, 0.5) is 0 Å². The van der Waals surface area contributed by atoms with Crippen LogP contribution in [0.25, 0.3) is 22.1 Å². The summed E-state index contributed by atoms with van der Waals surface area (Å²) < 4.78 is 11.8. The number of para-hydroxylation sites is 1. The number of benzene rings is 3. The zero-order valence-electron chi connectivity index (χ0n) is 17.7. The summed E-state index contributed by atoms with van der Waals surface area (Å²) in [5.41, 5.74) is 10.2. The minimum Gasteiger partial charge on any atom is -0.485 e. The van der Waals surface area contributed by atoms with E-state index in [0.717, 1.165) is 22.1 Å². The van der Waals surface area contributed by atoms with E-state index in [9.17, 15) is 19.8 Å². The fourth-order valence-corrected chi connectivity index (χ4v) is 3.85. The summed E-state index contributed by atoms with van der Waals surface area (Å²) in [5.74, 6) is -1.71. The van der Waals surface area contributed by atoms with Crippen LogP contribution in [0.1, 0.15) is 29.2 Å². The molecule has 0 bridgehead atoms. The predicted molar refractivity (Wildman–Crippen MR) is 123 cm³/mol. The van der Waals surface area contributed by atoms with E-state index in [1.807, 2.05) is 36.4 Å². The molecule has 0 amide bonds. The van der Waals surface area contributed by atoms with E-state index in [0.29, 0.717) is 29.0 Å². The van der Waals surface area contributed by atoms with Gasteiger partial charge in [-0.3, -0.25) is 9.59 Å². The van der Waals surface area contributed by atoms with Gasteiger partial charge in [-0.25, -0.2) is 0 Å². The molecule has 168 valence electrons. The predicted octanol–water partition coefficient (Wildman–Crippen LogP) is 4.78. The van der Waals surface area contributed by atoms with E-state index < -0.39 is 18.0 Å². The Morgan fingerprint density at radius 1 is 0.970 bits per heavy atom. The number of furan rings is 1. The highest BCUT2D eigenvalue weighted by molar-refractivity contribution is 5.94. The average Bonchev–Trinajstić information content (AvgIpc) is 3.27. The molecule has 7 nitrogen and oxygen atoms in total. The van der Waals surface area contributed by atoms with Gasteiger partial charge in [-0.2, -0.15) is 0 Å². The Labute approximate surface area is 190 Å². The fraction of sp³-hybridized carbons (Fsp3) is 0.154. The lowest BCUT2D eigenvalue weighted by Crippen LogP contribution is -2.14. The molecule has 0 saturated carbocycles. The summed E-state index contributed by atoms with van der Waals surface area (Å²) >= 11 is 0. The largest absolute Gasteiger partial charge is 0.485 e. The number of carbonyl (C=O) groups is 2. The molecule has 0 aliphatic rings. The molecule has 4 rings (SSSR count). The summed E-state index contributed by atoms with van der Waals surface area (Å²) in [6.45, 7) is 0.396. The van der Waals surface area contributed by atoms with Gasteiger partial charge in [0, 0.05) is 17.5 Å². The van der Waals surface area contributed by atoms with Crippen molar-refractivity contribution < 1.29 is 29.0 Å². The van der Waals surface area contributed by atoms with Gasteiger partial charge < -0.3 is 25.1 Å². The van der Waals surface area contributed by atoms with Crippen molar-refractivity contribution in [2.45, 2.75) is 25.5 Å². The first-order valence-corrected chi connectivity index (χ1v) is 10.4. The highest BCUT2D eigenvalue weighted by Crippen LogP contribution is 2.36. The average molecular weight is 445 g/mol. The van der Waals surface area contributed by atoms with Gasteiger partial charge in [-0.05, 0) is 52.6 Å². The van der Waals surface area contributed by atoms with Gasteiger partial charge in [0.15, 0.2) is 0 Å². The number of carboxylic acid groups (broad SMARTS) is 2. The molecule has 1 unspecified atom stereocenters. The molecular formula is C26H23NO6. The zero-order valence-corrected chi connectivity index (χ0v) is 17.7. The molecular weight excluding hydrogens is 422 g/mol. The molecule has 1 heterocycles. The minimum atomic E-state index is -1.04. The highest BCUT2D eigenvalue weighted by Gasteiger charge is 2.22. The van der Waals surface area contributed by atoms with Crippen molar-refractivity contribution >= 4 is 22.9 Å². The third-order valence-corrected chi connectivity index (χ3v) is 5.38. The number of fused-ring (bicyclic) bond motifs is 1. The quantitative estimate of drug-likeness (QED) is 0.339. The van der Waals surface area contributed by atoms with Crippen LogP contribution < -0.4 is 10.5 Å². The van der Waals surface area contributed by atoms with Crippen molar-refractivity contribution in [1.29, 1.82) is 0 Å². The monoisotopic (exact) mass is 445 g/mol. The van der Waals surface area contributed by atoms with Gasteiger partial charge in [-0.15, -0.1) is 0 Å². The van der Waals surface area contributed by atoms with Crippen molar-refractivity contribution in [3.8, 4) is 16.9 Å². The van der Waals surface area contributed by atoms with Crippen LogP contribution in [0, 0.1) is 0 Å². The molecule has 33 heavy (non-hydrogen) atoms. The highest BCUT2D eigenvalue weighted by atomic mass is 16.5. The van der Waals surface area contributed by atoms with Crippen molar-refractivity contribution in [3.05, 3.63) is 89.7 Å². The molecule has 1 atom stereocenters. The standard InChI is InChI=1S/C26H23NO6/c27-15-16-4-3-6-17(10-16)21-11-19(12-24-20(21)8-9-32-24)23(14-26(30)31)33-22-7-2-1-5-18(22)13-25(28)29/h1-12,23H,13-15,27H2,(H,28,29)(H,30,31). The van der Waals surface area contributed by atoms with E-state index in [1.54, 1.807) is 36.6 Å². The van der Waals surface area contributed by atoms with Crippen molar-refractivity contribution in [2.75, 3.05) is 0 Å². The fourth-order valence-electron chi connectivity index (χ4n) is 3.85. The third kappa shape index (κ3) is 5.05. The lowest BCUT2D eigenvalue weighted by Gasteiger charge is -2.21. The lowest BCUT2D eigenvalue weighted by molar-refractivity contribution is -0.139. The number of hydrogen-bond donors (Lipinski definition) is 3. The number of rotatable bonds is 9. The first kappa shape index (κ1) is 22.1. The van der Waals surface area contributed by atoms with Crippen molar-refractivity contribution in [1.82, 2.24) is 0 Å². The van der Waals surface area contributed by atoms with E-state index in [1.165, 1.54) is 0 Å². The second kappa shape index (κ2) is 9.58. The molecule has 4 aromatic rings. The number of nitrogens with two attached hydrogens (primary N) is 1. The third-order valence-electron chi connectivity index (χ3n) is 5.38. The Balaban J connectivity index is 1.80. The Morgan fingerprint density at radius 3 is 2.55 bits per heavy atom. The smallest absolute Gasteiger partial charge is 0.307 e. The Morgan fingerprint density at radius 2 is 1.79 bits per heavy atom. The minimum absolute atomic E-state index is 0.232. The number of hydrogen-bond acceptors (Lipinski definition) is 5. The van der Waals surface area contributed by atoms with Crippen LogP contribution in [-0.2, 0) is 22.6 Å². The second-order valence-electron chi connectivity index (χ2n) is 7.69. The second-order valence-corrected chi connectivity index (χ2v) is 7.69. The molecule has 0 spiro atoms. The first-order valence-electron chi connectivity index (χ1n) is 10.4. The number of aliphatic carboxylic acids is 2. The normalized spacial score (nSPS) is 11.9. The van der Waals surface area contributed by atoms with Crippen LogP contribution in [0.2, 0.25) is 0 Å². The topological polar surface area (TPSA) is 123 Å². The van der Waals surface area contributed by atoms with Crippen LogP contribution in [0.3, 0.4) is 0 Å². The SMILES string of the molecule is NCc1cccc(-c2cc(C(CC(=O)O)Oc3ccccc3CC(=O)O)cc3occc23)c1. The summed E-state index contributed by atoms with van der Waals surface area (Å²) in [7, 11) is 0. The van der Waals surface area contributed by atoms with Crippen molar-refractivity contribution in [2.24, 2.45) is 5.73 Å². The maximum absolute atomic E-state index is 11.7. The van der Waals surface area contributed by atoms with Crippen LogP contribution in [0.5, 0.6) is 5.75 Å². The Hall–Kier alpha value is -4.10. The molecule has 0 aliphatic carbocycles. The summed E-state index contributed by atoms with van der Waals surface area (Å²) in [4.78, 5) is 22.9. The molecule has 3 aromatic carbocycles. The van der Waals surface area contributed by atoms with E-state index in [4.69, 9.17) is 14.9 Å². The first-order chi connectivity index (χ1) is 15.9. The van der Waals surface area contributed by atoms with Crippen molar-refractivity contribution in [3.63, 3.8) is 0 Å². The van der Waals surface area contributed by atoms with Gasteiger partial charge in [-0.1, -0.05) is 36.4 Å². The Bertz CT molecular complexity index is 1310. The van der Waals surface area contributed by atoms with Gasteiger partial charge in [0.1, 0.15) is 17.4 Å². The van der Waals surface area contributed by atoms with Gasteiger partial charge >= 0.3 is 11.9 Å². The van der Waals surface area contributed by atoms with Crippen LogP contribution in [-0.4, -0.2) is 22.2 Å². The van der Waals surface area contributed by atoms with Crippen LogP contribution >= 0.6 is 0 Å². The number of carboxylic acids is 2.